The lowest BCUT2D eigenvalue weighted by Gasteiger charge is -2.39. The van der Waals surface area contributed by atoms with Crippen molar-refractivity contribution in [2.45, 2.75) is 57.8 Å². The molecule has 0 aliphatic heterocycles. The van der Waals surface area contributed by atoms with Crippen molar-refractivity contribution in [3.63, 3.8) is 0 Å². The summed E-state index contributed by atoms with van der Waals surface area (Å²) >= 11 is 6.31. The summed E-state index contributed by atoms with van der Waals surface area (Å²) in [6.45, 7) is 11.4. The van der Waals surface area contributed by atoms with Crippen LogP contribution in [0.4, 0.5) is 0 Å². The Morgan fingerprint density at radius 2 is 1.85 bits per heavy atom. The lowest BCUT2D eigenvalue weighted by atomic mass is 10.1. The van der Waals surface area contributed by atoms with Crippen LogP contribution >= 0.6 is 11.6 Å². The Morgan fingerprint density at radius 3 is 2.35 bits per heavy atom. The highest BCUT2D eigenvalue weighted by molar-refractivity contribution is 6.74. The minimum Gasteiger partial charge on any atom is -0.410 e. The van der Waals surface area contributed by atoms with Crippen LogP contribution in [-0.2, 0) is 4.43 Å². The molecule has 1 aromatic rings. The summed E-state index contributed by atoms with van der Waals surface area (Å²) in [5.74, 6) is 0. The first-order valence-electron chi connectivity index (χ1n) is 7.22. The zero-order chi connectivity index (χ0) is 15.4. The zero-order valence-corrected chi connectivity index (χ0v) is 15.0. The molecule has 0 fully saturated rings. The SMILES string of the molecule is CC(C)(C)[Si](C)(C)OC(CCCO)c1ccccc1Cl. The van der Waals surface area contributed by atoms with Crippen molar-refractivity contribution in [3.8, 4) is 0 Å². The Labute approximate surface area is 129 Å². The first kappa shape index (κ1) is 17.7. The first-order valence-corrected chi connectivity index (χ1v) is 10.5. The van der Waals surface area contributed by atoms with Gasteiger partial charge in [0.05, 0.1) is 6.10 Å². The molecular formula is C16H27ClO2Si. The average molecular weight is 315 g/mol. The third-order valence-electron chi connectivity index (χ3n) is 4.12. The minimum atomic E-state index is -1.86. The highest BCUT2D eigenvalue weighted by Gasteiger charge is 2.39. The summed E-state index contributed by atoms with van der Waals surface area (Å²) in [7, 11) is -1.86. The van der Waals surface area contributed by atoms with E-state index in [0.29, 0.717) is 0 Å². The van der Waals surface area contributed by atoms with Crippen LogP contribution in [0.15, 0.2) is 24.3 Å². The lowest BCUT2D eigenvalue weighted by molar-refractivity contribution is 0.158. The van der Waals surface area contributed by atoms with E-state index in [-0.39, 0.29) is 17.7 Å². The number of rotatable bonds is 6. The minimum absolute atomic E-state index is 0.0308. The molecule has 0 radical (unpaired) electrons. The summed E-state index contributed by atoms with van der Waals surface area (Å²) in [5, 5.41) is 10.0. The maximum atomic E-state index is 9.11. The van der Waals surface area contributed by atoms with Crippen molar-refractivity contribution in [1.29, 1.82) is 0 Å². The Bertz CT molecular complexity index is 427. The van der Waals surface area contributed by atoms with Crippen molar-refractivity contribution >= 4 is 19.9 Å². The van der Waals surface area contributed by atoms with E-state index < -0.39 is 8.32 Å². The van der Waals surface area contributed by atoms with Gasteiger partial charge in [0, 0.05) is 11.6 Å². The number of benzene rings is 1. The third-order valence-corrected chi connectivity index (χ3v) is 8.95. The topological polar surface area (TPSA) is 29.5 Å². The van der Waals surface area contributed by atoms with Crippen LogP contribution in [0.1, 0.15) is 45.3 Å². The predicted octanol–water partition coefficient (Wildman–Crippen LogP) is 5.18. The van der Waals surface area contributed by atoms with Crippen LogP contribution in [0.2, 0.25) is 23.2 Å². The summed E-state index contributed by atoms with van der Waals surface area (Å²) in [4.78, 5) is 0. The van der Waals surface area contributed by atoms with Gasteiger partial charge in [-0.25, -0.2) is 0 Å². The lowest BCUT2D eigenvalue weighted by Crippen LogP contribution is -2.41. The smallest absolute Gasteiger partial charge is 0.192 e. The molecule has 0 bridgehead atoms. The number of aliphatic hydroxyl groups excluding tert-OH is 1. The van der Waals surface area contributed by atoms with Gasteiger partial charge >= 0.3 is 0 Å². The summed E-state index contributed by atoms with van der Waals surface area (Å²) in [5.41, 5.74) is 1.03. The summed E-state index contributed by atoms with van der Waals surface area (Å²) < 4.78 is 6.51. The molecule has 114 valence electrons. The van der Waals surface area contributed by atoms with Gasteiger partial charge in [-0.1, -0.05) is 50.6 Å². The van der Waals surface area contributed by atoms with E-state index in [1.165, 1.54) is 0 Å². The monoisotopic (exact) mass is 314 g/mol. The quantitative estimate of drug-likeness (QED) is 0.733. The molecule has 1 atom stereocenters. The number of hydrogen-bond donors (Lipinski definition) is 1. The molecule has 1 rings (SSSR count). The molecule has 4 heteroatoms. The molecule has 0 saturated carbocycles. The molecular weight excluding hydrogens is 288 g/mol. The van der Waals surface area contributed by atoms with Crippen LogP contribution in [0, 0.1) is 0 Å². The molecule has 0 spiro atoms. The second-order valence-electron chi connectivity index (χ2n) is 6.75. The van der Waals surface area contributed by atoms with E-state index in [4.69, 9.17) is 21.1 Å². The van der Waals surface area contributed by atoms with Gasteiger partial charge in [-0.3, -0.25) is 0 Å². The van der Waals surface area contributed by atoms with Crippen molar-refractivity contribution in [3.05, 3.63) is 34.9 Å². The fourth-order valence-corrected chi connectivity index (χ4v) is 3.39. The molecule has 0 aromatic heterocycles. The normalized spacial score (nSPS) is 14.3. The highest BCUT2D eigenvalue weighted by atomic mass is 35.5. The second kappa shape index (κ2) is 7.08. The highest BCUT2D eigenvalue weighted by Crippen LogP contribution is 2.41. The van der Waals surface area contributed by atoms with E-state index >= 15 is 0 Å². The van der Waals surface area contributed by atoms with Gasteiger partial charge in [0.1, 0.15) is 0 Å². The number of halogens is 1. The largest absolute Gasteiger partial charge is 0.410 e. The van der Waals surface area contributed by atoms with E-state index in [0.717, 1.165) is 23.4 Å². The van der Waals surface area contributed by atoms with Gasteiger partial charge in [-0.2, -0.15) is 0 Å². The van der Waals surface area contributed by atoms with E-state index in [9.17, 15) is 0 Å². The van der Waals surface area contributed by atoms with Crippen molar-refractivity contribution in [2.24, 2.45) is 0 Å². The number of aliphatic hydroxyl groups is 1. The van der Waals surface area contributed by atoms with Crippen molar-refractivity contribution in [2.75, 3.05) is 6.61 Å². The zero-order valence-electron chi connectivity index (χ0n) is 13.2. The van der Waals surface area contributed by atoms with E-state index in [1.54, 1.807) is 0 Å². The number of hydrogen-bond acceptors (Lipinski definition) is 2. The summed E-state index contributed by atoms with van der Waals surface area (Å²) in [6, 6.07) is 7.85. The van der Waals surface area contributed by atoms with Gasteiger partial charge in [-0.05, 0) is 42.6 Å². The third kappa shape index (κ3) is 4.59. The first-order chi connectivity index (χ1) is 9.19. The van der Waals surface area contributed by atoms with Crippen LogP contribution in [0.5, 0.6) is 0 Å². The van der Waals surface area contributed by atoms with Crippen LogP contribution in [0.3, 0.4) is 0 Å². The van der Waals surface area contributed by atoms with Crippen LogP contribution < -0.4 is 0 Å². The molecule has 20 heavy (non-hydrogen) atoms. The maximum absolute atomic E-state index is 9.11. The van der Waals surface area contributed by atoms with Crippen molar-refractivity contribution < 1.29 is 9.53 Å². The standard InChI is InChI=1S/C16H27ClO2Si/c1-16(2,3)20(4,5)19-15(11-8-12-18)13-9-6-7-10-14(13)17/h6-7,9-10,15,18H,8,11-12H2,1-5H3. The predicted molar refractivity (Wildman–Crippen MR) is 88.8 cm³/mol. The average Bonchev–Trinajstić information content (AvgIpc) is 2.33. The molecule has 0 saturated heterocycles. The fraction of sp³-hybridized carbons (Fsp3) is 0.625. The molecule has 0 aliphatic rings. The molecule has 0 aliphatic carbocycles. The van der Waals surface area contributed by atoms with Crippen LogP contribution in [0.25, 0.3) is 0 Å². The van der Waals surface area contributed by atoms with E-state index in [2.05, 4.69) is 33.9 Å². The Balaban J connectivity index is 2.99. The Morgan fingerprint density at radius 1 is 1.25 bits per heavy atom. The molecule has 0 amide bonds. The van der Waals surface area contributed by atoms with Gasteiger partial charge in [-0.15, -0.1) is 0 Å². The van der Waals surface area contributed by atoms with E-state index in [1.807, 2.05) is 24.3 Å². The summed E-state index contributed by atoms with van der Waals surface area (Å²) in [6.07, 6.45) is 1.49. The maximum Gasteiger partial charge on any atom is 0.192 e. The second-order valence-corrected chi connectivity index (χ2v) is 11.9. The molecule has 1 unspecified atom stereocenters. The van der Waals surface area contributed by atoms with Gasteiger partial charge in [0.2, 0.25) is 0 Å². The molecule has 1 N–H and O–H groups in total. The van der Waals surface area contributed by atoms with Gasteiger partial charge < -0.3 is 9.53 Å². The van der Waals surface area contributed by atoms with Crippen LogP contribution in [-0.4, -0.2) is 20.0 Å². The molecule has 1 aromatic carbocycles. The Hall–Kier alpha value is -0.353. The Kier molecular flexibility index (Phi) is 6.26. The molecule has 2 nitrogen and oxygen atoms in total. The molecule has 0 heterocycles. The van der Waals surface area contributed by atoms with Gasteiger partial charge in [0.25, 0.3) is 0 Å². The fourth-order valence-electron chi connectivity index (χ4n) is 1.82. The van der Waals surface area contributed by atoms with Gasteiger partial charge in [0.15, 0.2) is 8.32 Å². The van der Waals surface area contributed by atoms with Crippen molar-refractivity contribution in [1.82, 2.24) is 0 Å².